The largest absolute Gasteiger partial charge is 0.378 e. The third-order valence-electron chi connectivity index (χ3n) is 3.88. The number of pyridine rings is 1. The summed E-state index contributed by atoms with van der Waals surface area (Å²) in [4.78, 5) is 18.9. The van der Waals surface area contributed by atoms with E-state index in [0.717, 1.165) is 24.5 Å². The van der Waals surface area contributed by atoms with Gasteiger partial charge in [-0.1, -0.05) is 35.9 Å². The van der Waals surface area contributed by atoms with Crippen LogP contribution in [0, 0.1) is 6.92 Å². The second-order valence-corrected chi connectivity index (χ2v) is 5.65. The Balaban J connectivity index is 1.63. The van der Waals surface area contributed by atoms with E-state index >= 15 is 0 Å². The van der Waals surface area contributed by atoms with E-state index in [1.807, 2.05) is 43.3 Å². The minimum Gasteiger partial charge on any atom is -0.378 e. The van der Waals surface area contributed by atoms with Crippen molar-refractivity contribution in [3.63, 3.8) is 0 Å². The normalized spacial score (nSPS) is 14.6. The van der Waals surface area contributed by atoms with Gasteiger partial charge in [-0.15, -0.1) is 0 Å². The topological polar surface area (TPSA) is 54.5 Å². The van der Waals surface area contributed by atoms with Gasteiger partial charge in [0, 0.05) is 19.6 Å². The number of hydrogen-bond donors (Lipinski definition) is 1. The molecule has 23 heavy (non-hydrogen) atoms. The predicted molar refractivity (Wildman–Crippen MR) is 89.6 cm³/mol. The number of amides is 1. The van der Waals surface area contributed by atoms with Crippen molar-refractivity contribution in [2.24, 2.45) is 0 Å². The number of aromatic nitrogens is 1. The van der Waals surface area contributed by atoms with Crippen molar-refractivity contribution in [2.45, 2.75) is 13.5 Å². The van der Waals surface area contributed by atoms with Crippen LogP contribution in [0.15, 0.2) is 42.5 Å². The zero-order valence-corrected chi connectivity index (χ0v) is 13.3. The summed E-state index contributed by atoms with van der Waals surface area (Å²) in [5, 5.41) is 2.92. The summed E-state index contributed by atoms with van der Waals surface area (Å²) in [7, 11) is 0. The SMILES string of the molecule is Cc1ccc(CNC(=O)c2cccc(N3CCOCC3)n2)cc1. The van der Waals surface area contributed by atoms with Crippen molar-refractivity contribution < 1.29 is 9.53 Å². The molecule has 2 aromatic rings. The van der Waals surface area contributed by atoms with Crippen LogP contribution in [0.5, 0.6) is 0 Å². The number of rotatable bonds is 4. The number of nitrogens with one attached hydrogen (secondary N) is 1. The Kier molecular flexibility index (Phi) is 4.88. The Morgan fingerprint density at radius 3 is 2.65 bits per heavy atom. The lowest BCUT2D eigenvalue weighted by Crippen LogP contribution is -2.37. The minimum atomic E-state index is -0.152. The fraction of sp³-hybridized carbons (Fsp3) is 0.333. The Hall–Kier alpha value is -2.40. The summed E-state index contributed by atoms with van der Waals surface area (Å²) >= 11 is 0. The summed E-state index contributed by atoms with van der Waals surface area (Å²) in [6.45, 7) is 5.56. The molecule has 0 spiro atoms. The van der Waals surface area contributed by atoms with Crippen LogP contribution in [0.2, 0.25) is 0 Å². The lowest BCUT2D eigenvalue weighted by molar-refractivity contribution is 0.0946. The van der Waals surface area contributed by atoms with E-state index in [0.29, 0.717) is 25.5 Å². The molecule has 120 valence electrons. The van der Waals surface area contributed by atoms with Gasteiger partial charge < -0.3 is 15.0 Å². The van der Waals surface area contributed by atoms with Gasteiger partial charge in [0.05, 0.1) is 13.2 Å². The molecule has 0 radical (unpaired) electrons. The van der Waals surface area contributed by atoms with E-state index < -0.39 is 0 Å². The number of benzene rings is 1. The number of ether oxygens (including phenoxy) is 1. The first-order chi connectivity index (χ1) is 11.2. The van der Waals surface area contributed by atoms with Crippen molar-refractivity contribution in [3.8, 4) is 0 Å². The number of anilines is 1. The molecule has 1 N–H and O–H groups in total. The van der Waals surface area contributed by atoms with E-state index in [-0.39, 0.29) is 5.91 Å². The van der Waals surface area contributed by atoms with Gasteiger partial charge in [-0.05, 0) is 24.6 Å². The van der Waals surface area contributed by atoms with Gasteiger partial charge in [-0.3, -0.25) is 4.79 Å². The maximum Gasteiger partial charge on any atom is 0.270 e. The van der Waals surface area contributed by atoms with Gasteiger partial charge in [0.1, 0.15) is 11.5 Å². The van der Waals surface area contributed by atoms with Crippen molar-refractivity contribution in [1.29, 1.82) is 0 Å². The molecule has 0 saturated carbocycles. The molecule has 0 unspecified atom stereocenters. The van der Waals surface area contributed by atoms with Gasteiger partial charge >= 0.3 is 0 Å². The third-order valence-corrected chi connectivity index (χ3v) is 3.88. The quantitative estimate of drug-likeness (QED) is 0.940. The van der Waals surface area contributed by atoms with Crippen LogP contribution in [-0.2, 0) is 11.3 Å². The van der Waals surface area contributed by atoms with Crippen LogP contribution < -0.4 is 10.2 Å². The Labute approximate surface area is 136 Å². The van der Waals surface area contributed by atoms with Crippen molar-refractivity contribution in [3.05, 3.63) is 59.3 Å². The number of hydrogen-bond acceptors (Lipinski definition) is 4. The number of carbonyl (C=O) groups excluding carboxylic acids is 1. The molecule has 1 aliphatic rings. The van der Waals surface area contributed by atoms with E-state index in [4.69, 9.17) is 4.74 Å². The van der Waals surface area contributed by atoms with Crippen molar-refractivity contribution >= 4 is 11.7 Å². The van der Waals surface area contributed by atoms with Crippen LogP contribution in [-0.4, -0.2) is 37.2 Å². The molecule has 3 rings (SSSR count). The molecule has 0 atom stereocenters. The number of carbonyl (C=O) groups is 1. The molecule has 1 saturated heterocycles. The van der Waals surface area contributed by atoms with Gasteiger partial charge in [0.2, 0.25) is 0 Å². The van der Waals surface area contributed by atoms with E-state index in [9.17, 15) is 4.79 Å². The first-order valence-corrected chi connectivity index (χ1v) is 7.86. The molecule has 1 aliphatic heterocycles. The van der Waals surface area contributed by atoms with E-state index in [1.54, 1.807) is 6.07 Å². The molecule has 1 fully saturated rings. The van der Waals surface area contributed by atoms with Crippen LogP contribution in [0.1, 0.15) is 21.6 Å². The van der Waals surface area contributed by atoms with Gasteiger partial charge in [0.25, 0.3) is 5.91 Å². The van der Waals surface area contributed by atoms with E-state index in [2.05, 4.69) is 15.2 Å². The van der Waals surface area contributed by atoms with Gasteiger partial charge in [-0.2, -0.15) is 0 Å². The highest BCUT2D eigenvalue weighted by Crippen LogP contribution is 2.13. The highest BCUT2D eigenvalue weighted by Gasteiger charge is 2.14. The Morgan fingerprint density at radius 1 is 1.17 bits per heavy atom. The molecule has 1 aromatic heterocycles. The zero-order chi connectivity index (χ0) is 16.1. The van der Waals surface area contributed by atoms with Gasteiger partial charge in [-0.25, -0.2) is 4.98 Å². The smallest absolute Gasteiger partial charge is 0.270 e. The maximum atomic E-state index is 12.3. The van der Waals surface area contributed by atoms with Crippen molar-refractivity contribution in [2.75, 3.05) is 31.2 Å². The van der Waals surface area contributed by atoms with Crippen LogP contribution in [0.3, 0.4) is 0 Å². The maximum absolute atomic E-state index is 12.3. The average Bonchev–Trinajstić information content (AvgIpc) is 2.62. The Morgan fingerprint density at radius 2 is 1.91 bits per heavy atom. The fourth-order valence-corrected chi connectivity index (χ4v) is 2.50. The predicted octanol–water partition coefficient (Wildman–Crippen LogP) is 2.16. The second-order valence-electron chi connectivity index (χ2n) is 5.65. The summed E-state index contributed by atoms with van der Waals surface area (Å²) in [5.41, 5.74) is 2.73. The van der Waals surface area contributed by atoms with Gasteiger partial charge in [0.15, 0.2) is 0 Å². The molecular formula is C18H21N3O2. The van der Waals surface area contributed by atoms with Crippen LogP contribution >= 0.6 is 0 Å². The monoisotopic (exact) mass is 311 g/mol. The fourth-order valence-electron chi connectivity index (χ4n) is 2.50. The highest BCUT2D eigenvalue weighted by molar-refractivity contribution is 5.92. The Bertz CT molecular complexity index is 664. The van der Waals surface area contributed by atoms with Crippen LogP contribution in [0.25, 0.3) is 0 Å². The molecule has 1 aromatic carbocycles. The van der Waals surface area contributed by atoms with Crippen LogP contribution in [0.4, 0.5) is 5.82 Å². The lowest BCUT2D eigenvalue weighted by atomic mass is 10.1. The first kappa shape index (κ1) is 15.5. The standard InChI is InChI=1S/C18H21N3O2/c1-14-5-7-15(8-6-14)13-19-18(22)16-3-2-4-17(20-16)21-9-11-23-12-10-21/h2-8H,9-13H2,1H3,(H,19,22). The second kappa shape index (κ2) is 7.24. The molecule has 5 heteroatoms. The average molecular weight is 311 g/mol. The highest BCUT2D eigenvalue weighted by atomic mass is 16.5. The molecule has 2 heterocycles. The lowest BCUT2D eigenvalue weighted by Gasteiger charge is -2.27. The summed E-state index contributed by atoms with van der Waals surface area (Å²) in [6, 6.07) is 13.7. The molecule has 1 amide bonds. The molecule has 0 aliphatic carbocycles. The molecule has 5 nitrogen and oxygen atoms in total. The summed E-state index contributed by atoms with van der Waals surface area (Å²) < 4.78 is 5.35. The number of aryl methyl sites for hydroxylation is 1. The first-order valence-electron chi connectivity index (χ1n) is 7.86. The number of nitrogens with zero attached hydrogens (tertiary/aromatic N) is 2. The van der Waals surface area contributed by atoms with Crippen molar-refractivity contribution in [1.82, 2.24) is 10.3 Å². The number of morpholine rings is 1. The summed E-state index contributed by atoms with van der Waals surface area (Å²) in [6.07, 6.45) is 0. The summed E-state index contributed by atoms with van der Waals surface area (Å²) in [5.74, 6) is 0.678. The molecular weight excluding hydrogens is 290 g/mol. The third kappa shape index (κ3) is 4.07. The minimum absolute atomic E-state index is 0.152. The zero-order valence-electron chi connectivity index (χ0n) is 13.3. The molecule has 0 bridgehead atoms. The van der Waals surface area contributed by atoms with E-state index in [1.165, 1.54) is 5.56 Å².